The molecule has 1 aliphatic heterocycles. The van der Waals surface area contributed by atoms with Gasteiger partial charge >= 0.3 is 0 Å². The molecule has 0 radical (unpaired) electrons. The van der Waals surface area contributed by atoms with E-state index in [1.54, 1.807) is 10.8 Å². The molecule has 1 fully saturated rings. The number of anilines is 2. The Morgan fingerprint density at radius 2 is 2.09 bits per heavy atom. The summed E-state index contributed by atoms with van der Waals surface area (Å²) in [5.74, 6) is 0.233. The maximum absolute atomic E-state index is 10.6. The highest BCUT2D eigenvalue weighted by molar-refractivity contribution is 5.90. The van der Waals surface area contributed by atoms with Crippen molar-refractivity contribution in [3.05, 3.63) is 11.8 Å². The van der Waals surface area contributed by atoms with Gasteiger partial charge in [-0.2, -0.15) is 9.97 Å². The summed E-state index contributed by atoms with van der Waals surface area (Å²) in [5.41, 5.74) is 11.1. The summed E-state index contributed by atoms with van der Waals surface area (Å²) in [6.45, 7) is 2.84. The summed E-state index contributed by atoms with van der Waals surface area (Å²) in [7, 11) is 0. The Morgan fingerprint density at radius 3 is 2.68 bits per heavy atom. The summed E-state index contributed by atoms with van der Waals surface area (Å²) >= 11 is 0. The van der Waals surface area contributed by atoms with Crippen LogP contribution in [0.15, 0.2) is 6.20 Å². The van der Waals surface area contributed by atoms with E-state index >= 15 is 0 Å². The first-order valence-electron chi connectivity index (χ1n) is 6.84. The van der Waals surface area contributed by atoms with Gasteiger partial charge < -0.3 is 36.1 Å². The zero-order valence-electron chi connectivity index (χ0n) is 12.3. The van der Waals surface area contributed by atoms with Gasteiger partial charge in [0.15, 0.2) is 6.23 Å². The molecule has 9 heteroatoms. The first kappa shape index (κ1) is 15.0. The van der Waals surface area contributed by atoms with Crippen molar-refractivity contribution in [1.82, 2.24) is 14.5 Å². The van der Waals surface area contributed by atoms with Crippen LogP contribution in [0.3, 0.4) is 0 Å². The van der Waals surface area contributed by atoms with Crippen LogP contribution >= 0.6 is 0 Å². The predicted octanol–water partition coefficient (Wildman–Crippen LogP) is -1.09. The molecule has 0 saturated carbocycles. The molecule has 4 atom stereocenters. The number of fused-ring (bicyclic) bond motifs is 1. The lowest BCUT2D eigenvalue weighted by Crippen LogP contribution is -2.44. The lowest BCUT2D eigenvalue weighted by atomic mass is 9.96. The summed E-state index contributed by atoms with van der Waals surface area (Å²) in [5, 5.41) is 30.6. The fourth-order valence-corrected chi connectivity index (χ4v) is 2.95. The lowest BCUT2D eigenvalue weighted by molar-refractivity contribution is -0.0948. The highest BCUT2D eigenvalue weighted by Gasteiger charge is 2.53. The zero-order chi connectivity index (χ0) is 16.2. The minimum Gasteiger partial charge on any atom is -0.394 e. The molecular weight excluding hydrogens is 290 g/mol. The Labute approximate surface area is 126 Å². The molecule has 120 valence electrons. The largest absolute Gasteiger partial charge is 0.394 e. The van der Waals surface area contributed by atoms with Gasteiger partial charge in [0.1, 0.15) is 29.3 Å². The standard InChI is InChI=1S/C13H19N5O4/c1-5-3-18(10-7(5)9(14)16-12(15)17-10)11-13(2,21)8(20)6(4-19)22-11/h3,6,8,11,19-21H,4H2,1-2H3,(H4,14,15,16,17)/t6-,8?,11-,13+/m1/s1. The van der Waals surface area contributed by atoms with Crippen molar-refractivity contribution in [2.75, 3.05) is 18.1 Å². The van der Waals surface area contributed by atoms with Crippen LogP contribution in [0.4, 0.5) is 11.8 Å². The Morgan fingerprint density at radius 1 is 1.41 bits per heavy atom. The Kier molecular flexibility index (Phi) is 3.25. The third-order valence-corrected chi connectivity index (χ3v) is 4.09. The van der Waals surface area contributed by atoms with E-state index in [2.05, 4.69) is 9.97 Å². The summed E-state index contributed by atoms with van der Waals surface area (Å²) in [6, 6.07) is 0. The van der Waals surface area contributed by atoms with Gasteiger partial charge in [0.05, 0.1) is 12.0 Å². The number of aromatic nitrogens is 3. The number of ether oxygens (including phenoxy) is 1. The average molecular weight is 309 g/mol. The van der Waals surface area contributed by atoms with Crippen molar-refractivity contribution in [1.29, 1.82) is 0 Å². The van der Waals surface area contributed by atoms with Crippen LogP contribution < -0.4 is 11.5 Å². The molecule has 2 aromatic rings. The molecular formula is C13H19N5O4. The quantitative estimate of drug-likeness (QED) is 0.469. The van der Waals surface area contributed by atoms with Crippen molar-refractivity contribution in [3.63, 3.8) is 0 Å². The van der Waals surface area contributed by atoms with Crippen molar-refractivity contribution in [2.24, 2.45) is 0 Å². The first-order chi connectivity index (χ1) is 10.3. The van der Waals surface area contributed by atoms with Gasteiger partial charge in [-0.3, -0.25) is 0 Å². The second kappa shape index (κ2) is 4.78. The Bertz CT molecular complexity index is 729. The normalized spacial score (nSPS) is 32.0. The van der Waals surface area contributed by atoms with Gasteiger partial charge in [-0.1, -0.05) is 0 Å². The van der Waals surface area contributed by atoms with Gasteiger partial charge in [-0.15, -0.1) is 0 Å². The van der Waals surface area contributed by atoms with E-state index in [1.807, 2.05) is 6.92 Å². The maximum atomic E-state index is 10.6. The van der Waals surface area contributed by atoms with Crippen LogP contribution in [0.2, 0.25) is 0 Å². The average Bonchev–Trinajstić information content (AvgIpc) is 2.86. The van der Waals surface area contributed by atoms with E-state index < -0.39 is 30.6 Å². The van der Waals surface area contributed by atoms with Crippen LogP contribution in [0.5, 0.6) is 0 Å². The fraction of sp³-hybridized carbons (Fsp3) is 0.538. The van der Waals surface area contributed by atoms with Gasteiger partial charge in [-0.05, 0) is 19.4 Å². The van der Waals surface area contributed by atoms with E-state index in [1.165, 1.54) is 6.92 Å². The molecule has 1 aliphatic rings. The van der Waals surface area contributed by atoms with Gasteiger partial charge in [0, 0.05) is 6.20 Å². The number of aliphatic hydroxyl groups excluding tert-OH is 2. The lowest BCUT2D eigenvalue weighted by Gasteiger charge is -2.27. The van der Waals surface area contributed by atoms with Crippen molar-refractivity contribution in [3.8, 4) is 0 Å². The summed E-state index contributed by atoms with van der Waals surface area (Å²) in [4.78, 5) is 8.08. The fourth-order valence-electron chi connectivity index (χ4n) is 2.95. The van der Waals surface area contributed by atoms with Crippen molar-refractivity contribution in [2.45, 2.75) is 37.9 Å². The van der Waals surface area contributed by atoms with Crippen LogP contribution in [-0.2, 0) is 4.74 Å². The first-order valence-corrected chi connectivity index (χ1v) is 6.84. The minimum atomic E-state index is -1.61. The highest BCUT2D eigenvalue weighted by Crippen LogP contribution is 2.40. The monoisotopic (exact) mass is 309 g/mol. The number of nitrogens with two attached hydrogens (primary N) is 2. The van der Waals surface area contributed by atoms with E-state index in [0.29, 0.717) is 11.0 Å². The van der Waals surface area contributed by atoms with Crippen molar-refractivity contribution < 1.29 is 20.1 Å². The number of rotatable bonds is 2. The Balaban J connectivity index is 2.19. The third-order valence-electron chi connectivity index (χ3n) is 4.09. The van der Waals surface area contributed by atoms with Crippen LogP contribution in [0, 0.1) is 6.92 Å². The maximum Gasteiger partial charge on any atom is 0.223 e. The number of nitrogen functional groups attached to an aromatic ring is 2. The second-order valence-corrected chi connectivity index (χ2v) is 5.77. The molecule has 0 aromatic carbocycles. The smallest absolute Gasteiger partial charge is 0.223 e. The number of aryl methyl sites for hydroxylation is 1. The molecule has 7 N–H and O–H groups in total. The van der Waals surface area contributed by atoms with E-state index in [-0.39, 0.29) is 11.8 Å². The molecule has 0 amide bonds. The highest BCUT2D eigenvalue weighted by atomic mass is 16.6. The second-order valence-electron chi connectivity index (χ2n) is 5.77. The molecule has 0 bridgehead atoms. The number of nitrogens with zero attached hydrogens (tertiary/aromatic N) is 3. The zero-order valence-corrected chi connectivity index (χ0v) is 12.3. The van der Waals surface area contributed by atoms with E-state index in [0.717, 1.165) is 5.56 Å². The van der Waals surface area contributed by atoms with E-state index in [9.17, 15) is 15.3 Å². The van der Waals surface area contributed by atoms with Crippen LogP contribution in [0.1, 0.15) is 18.7 Å². The topological polar surface area (TPSA) is 153 Å². The van der Waals surface area contributed by atoms with Crippen LogP contribution in [-0.4, -0.2) is 54.3 Å². The SMILES string of the molecule is Cc1cn([C@@H]2O[C@H](CO)C(O)[C@]2(C)O)c2nc(N)nc(N)c12. The Hall–Kier alpha value is -1.94. The molecule has 3 rings (SSSR count). The molecule has 0 spiro atoms. The van der Waals surface area contributed by atoms with E-state index in [4.69, 9.17) is 16.2 Å². The molecule has 1 unspecified atom stereocenters. The molecule has 3 heterocycles. The summed E-state index contributed by atoms with van der Waals surface area (Å²) < 4.78 is 7.15. The van der Waals surface area contributed by atoms with Gasteiger partial charge in [0.25, 0.3) is 0 Å². The molecule has 2 aromatic heterocycles. The third kappa shape index (κ3) is 1.94. The van der Waals surface area contributed by atoms with Gasteiger partial charge in [0.2, 0.25) is 5.95 Å². The number of aliphatic hydroxyl groups is 3. The number of hydrogen-bond donors (Lipinski definition) is 5. The molecule has 22 heavy (non-hydrogen) atoms. The van der Waals surface area contributed by atoms with Crippen LogP contribution in [0.25, 0.3) is 11.0 Å². The molecule has 9 nitrogen and oxygen atoms in total. The summed E-state index contributed by atoms with van der Waals surface area (Å²) in [6.07, 6.45) is -1.38. The molecule has 1 saturated heterocycles. The predicted molar refractivity (Wildman–Crippen MR) is 78.7 cm³/mol. The minimum absolute atomic E-state index is 0.00115. The number of hydrogen-bond acceptors (Lipinski definition) is 8. The molecule has 0 aliphatic carbocycles. The van der Waals surface area contributed by atoms with Crippen molar-refractivity contribution >= 4 is 22.8 Å². The van der Waals surface area contributed by atoms with Gasteiger partial charge in [-0.25, -0.2) is 0 Å².